The van der Waals surface area contributed by atoms with Crippen molar-refractivity contribution in [2.75, 3.05) is 0 Å². The lowest BCUT2D eigenvalue weighted by Gasteiger charge is -2.27. The Morgan fingerprint density at radius 1 is 0.426 bits per heavy atom. The Kier molecular flexibility index (Phi) is 4.78. The molecule has 0 saturated carbocycles. The van der Waals surface area contributed by atoms with E-state index in [0.29, 0.717) is 0 Å². The lowest BCUT2D eigenvalue weighted by atomic mass is 9.72. The standard InChI is InChI=1S/C44H27N3/c1-2-12-30(13-3-1)46-39-19-9-5-15-33(39)34-26-28(23-25-40(34)46)29-22-24-32-31-14-4-6-16-35(31)44(37(32)27-29)36-17-7-10-20-41(36)47-42-21-11-8-18-38(42)45-43(44)47/h1-27H. The molecular formula is C44H27N3. The van der Waals surface area contributed by atoms with Crippen LogP contribution in [0.25, 0.3) is 66.5 Å². The molecule has 9 aromatic rings. The van der Waals surface area contributed by atoms with Crippen LogP contribution in [0.3, 0.4) is 0 Å². The Morgan fingerprint density at radius 2 is 1.09 bits per heavy atom. The van der Waals surface area contributed by atoms with E-state index in [1.165, 1.54) is 72.1 Å². The fourth-order valence-corrected chi connectivity index (χ4v) is 8.63. The fourth-order valence-electron chi connectivity index (χ4n) is 8.63. The summed E-state index contributed by atoms with van der Waals surface area (Å²) in [7, 11) is 0. The fraction of sp³-hybridized carbons (Fsp3) is 0.0227. The first-order valence-electron chi connectivity index (χ1n) is 16.2. The number of rotatable bonds is 2. The van der Waals surface area contributed by atoms with E-state index in [0.717, 1.165) is 16.9 Å². The molecule has 0 fully saturated rings. The highest BCUT2D eigenvalue weighted by Gasteiger charge is 2.54. The normalized spacial score (nSPS) is 15.7. The second kappa shape index (κ2) is 8.96. The molecule has 2 aromatic heterocycles. The molecule has 0 bridgehead atoms. The molecule has 0 N–H and O–H groups in total. The van der Waals surface area contributed by atoms with Gasteiger partial charge in [0.25, 0.3) is 0 Å². The summed E-state index contributed by atoms with van der Waals surface area (Å²) in [5.41, 5.74) is 15.3. The van der Waals surface area contributed by atoms with Crippen LogP contribution in [0.2, 0.25) is 0 Å². The van der Waals surface area contributed by atoms with Crippen molar-refractivity contribution in [3.63, 3.8) is 0 Å². The quantitative estimate of drug-likeness (QED) is 0.194. The maximum Gasteiger partial charge on any atom is 0.134 e. The van der Waals surface area contributed by atoms with Gasteiger partial charge < -0.3 is 4.57 Å². The number of imidazole rings is 1. The van der Waals surface area contributed by atoms with Crippen molar-refractivity contribution in [2.24, 2.45) is 0 Å². The number of nitrogens with zero attached hydrogens (tertiary/aromatic N) is 3. The SMILES string of the molecule is c1ccc(-n2c3ccccc3c3cc(-c4ccc5c(c4)C4(c6ccccc6-5)c5ccccc5-n5c4nc4ccccc45)ccc32)cc1. The molecule has 1 aliphatic carbocycles. The van der Waals surface area contributed by atoms with Gasteiger partial charge in [0.05, 0.1) is 27.8 Å². The number of fused-ring (bicyclic) bond motifs is 15. The average Bonchev–Trinajstić information content (AvgIpc) is 3.85. The van der Waals surface area contributed by atoms with Gasteiger partial charge in [-0.2, -0.15) is 0 Å². The van der Waals surface area contributed by atoms with E-state index in [9.17, 15) is 0 Å². The van der Waals surface area contributed by atoms with Crippen molar-refractivity contribution in [1.82, 2.24) is 14.1 Å². The average molecular weight is 598 g/mol. The molecule has 3 heteroatoms. The monoisotopic (exact) mass is 597 g/mol. The van der Waals surface area contributed by atoms with Crippen molar-refractivity contribution >= 4 is 32.8 Å². The summed E-state index contributed by atoms with van der Waals surface area (Å²) in [5.74, 6) is 1.07. The summed E-state index contributed by atoms with van der Waals surface area (Å²) in [6, 6.07) is 59.8. The second-order valence-corrected chi connectivity index (χ2v) is 12.8. The highest BCUT2D eigenvalue weighted by molar-refractivity contribution is 6.10. The second-order valence-electron chi connectivity index (χ2n) is 12.8. The summed E-state index contributed by atoms with van der Waals surface area (Å²) < 4.78 is 4.77. The van der Waals surface area contributed by atoms with E-state index in [1.54, 1.807) is 0 Å². The maximum atomic E-state index is 5.41. The largest absolute Gasteiger partial charge is 0.309 e. The lowest BCUT2D eigenvalue weighted by Crippen LogP contribution is -2.27. The Balaban J connectivity index is 1.19. The molecule has 218 valence electrons. The maximum absolute atomic E-state index is 5.41. The van der Waals surface area contributed by atoms with Crippen molar-refractivity contribution in [3.8, 4) is 33.6 Å². The highest BCUT2D eigenvalue weighted by Crippen LogP contribution is 2.60. The molecule has 0 saturated heterocycles. The third-order valence-electron chi connectivity index (χ3n) is 10.5. The van der Waals surface area contributed by atoms with E-state index in [1.807, 2.05) is 0 Å². The topological polar surface area (TPSA) is 22.8 Å². The number of para-hydroxylation sites is 5. The first kappa shape index (κ1) is 25.1. The van der Waals surface area contributed by atoms with Crippen LogP contribution in [-0.2, 0) is 5.41 Å². The van der Waals surface area contributed by atoms with Crippen LogP contribution in [0.15, 0.2) is 164 Å². The van der Waals surface area contributed by atoms with Crippen LogP contribution < -0.4 is 0 Å². The molecule has 3 heterocycles. The number of hydrogen-bond donors (Lipinski definition) is 0. The van der Waals surface area contributed by atoms with E-state index in [4.69, 9.17) is 4.98 Å². The minimum absolute atomic E-state index is 0.509. The van der Waals surface area contributed by atoms with Crippen LogP contribution in [0, 0.1) is 0 Å². The van der Waals surface area contributed by atoms with Crippen LogP contribution in [0.4, 0.5) is 0 Å². The molecule has 1 aliphatic heterocycles. The Labute approximate surface area is 271 Å². The van der Waals surface area contributed by atoms with Crippen molar-refractivity contribution in [2.45, 2.75) is 5.41 Å². The van der Waals surface area contributed by atoms with Gasteiger partial charge in [0, 0.05) is 16.5 Å². The molecule has 1 atom stereocenters. The Morgan fingerprint density at radius 3 is 2.00 bits per heavy atom. The molecule has 0 amide bonds. The minimum Gasteiger partial charge on any atom is -0.309 e. The van der Waals surface area contributed by atoms with E-state index < -0.39 is 5.41 Å². The van der Waals surface area contributed by atoms with Crippen molar-refractivity contribution in [3.05, 3.63) is 186 Å². The summed E-state index contributed by atoms with van der Waals surface area (Å²) in [4.78, 5) is 5.41. The van der Waals surface area contributed by atoms with Gasteiger partial charge in [-0.05, 0) is 93.5 Å². The smallest absolute Gasteiger partial charge is 0.134 e. The number of hydrogen-bond acceptors (Lipinski definition) is 1. The summed E-state index contributed by atoms with van der Waals surface area (Å²) in [6.45, 7) is 0. The molecule has 0 radical (unpaired) electrons. The number of aromatic nitrogens is 3. The molecular weight excluding hydrogens is 571 g/mol. The predicted octanol–water partition coefficient (Wildman–Crippen LogP) is 10.5. The molecule has 11 rings (SSSR count). The van der Waals surface area contributed by atoms with E-state index in [-0.39, 0.29) is 0 Å². The first-order chi connectivity index (χ1) is 23.3. The van der Waals surface area contributed by atoms with E-state index >= 15 is 0 Å². The van der Waals surface area contributed by atoms with Gasteiger partial charge >= 0.3 is 0 Å². The molecule has 3 nitrogen and oxygen atoms in total. The van der Waals surface area contributed by atoms with Gasteiger partial charge in [-0.25, -0.2) is 4.98 Å². The summed E-state index contributed by atoms with van der Waals surface area (Å²) in [6.07, 6.45) is 0. The number of benzene rings is 7. The third kappa shape index (κ3) is 3.09. The molecule has 1 spiro atoms. The third-order valence-corrected chi connectivity index (χ3v) is 10.5. The first-order valence-corrected chi connectivity index (χ1v) is 16.2. The highest BCUT2D eigenvalue weighted by atomic mass is 15.1. The van der Waals surface area contributed by atoms with E-state index in [2.05, 4.69) is 173 Å². The van der Waals surface area contributed by atoms with Gasteiger partial charge in [-0.1, -0.05) is 109 Å². The minimum atomic E-state index is -0.509. The van der Waals surface area contributed by atoms with Crippen molar-refractivity contribution in [1.29, 1.82) is 0 Å². The zero-order chi connectivity index (χ0) is 30.7. The van der Waals surface area contributed by atoms with Crippen LogP contribution in [0.5, 0.6) is 0 Å². The molecule has 1 unspecified atom stereocenters. The van der Waals surface area contributed by atoms with Gasteiger partial charge in [0.2, 0.25) is 0 Å². The van der Waals surface area contributed by atoms with Gasteiger partial charge in [-0.3, -0.25) is 4.57 Å². The molecule has 7 aromatic carbocycles. The van der Waals surface area contributed by atoms with Gasteiger partial charge in [0.15, 0.2) is 0 Å². The zero-order valence-electron chi connectivity index (χ0n) is 25.4. The van der Waals surface area contributed by atoms with Gasteiger partial charge in [-0.15, -0.1) is 0 Å². The lowest BCUT2D eigenvalue weighted by molar-refractivity contribution is 0.738. The Hall–Kier alpha value is -6.19. The summed E-state index contributed by atoms with van der Waals surface area (Å²) in [5, 5.41) is 2.52. The zero-order valence-corrected chi connectivity index (χ0v) is 25.4. The van der Waals surface area contributed by atoms with Gasteiger partial charge in [0.1, 0.15) is 11.2 Å². The summed E-state index contributed by atoms with van der Waals surface area (Å²) >= 11 is 0. The van der Waals surface area contributed by atoms with Crippen molar-refractivity contribution < 1.29 is 0 Å². The van der Waals surface area contributed by atoms with Crippen LogP contribution in [0.1, 0.15) is 22.5 Å². The Bertz CT molecular complexity index is 2750. The molecule has 2 aliphatic rings. The van der Waals surface area contributed by atoms with Crippen LogP contribution in [-0.4, -0.2) is 14.1 Å². The predicted molar refractivity (Wildman–Crippen MR) is 192 cm³/mol. The van der Waals surface area contributed by atoms with Crippen LogP contribution >= 0.6 is 0 Å². The molecule has 47 heavy (non-hydrogen) atoms.